The first-order valence-corrected chi connectivity index (χ1v) is 8.74. The van der Waals surface area contributed by atoms with Gasteiger partial charge in [0.1, 0.15) is 0 Å². The van der Waals surface area contributed by atoms with E-state index in [4.69, 9.17) is 0 Å². The zero-order chi connectivity index (χ0) is 18.4. The second-order valence-electron chi connectivity index (χ2n) is 6.30. The van der Waals surface area contributed by atoms with Gasteiger partial charge in [-0.15, -0.1) is 0 Å². The molecule has 3 rings (SSSR count). The molecule has 136 valence electrons. The van der Waals surface area contributed by atoms with Gasteiger partial charge >= 0.3 is 0 Å². The molecule has 0 atom stereocenters. The Morgan fingerprint density at radius 2 is 1.73 bits per heavy atom. The largest absolute Gasteiger partial charge is 0.347 e. The number of benzene rings is 1. The van der Waals surface area contributed by atoms with Gasteiger partial charge in [-0.2, -0.15) is 0 Å². The number of carbonyl (C=O) groups is 2. The lowest BCUT2D eigenvalue weighted by Gasteiger charge is -2.34. The van der Waals surface area contributed by atoms with Crippen molar-refractivity contribution in [3.8, 4) is 0 Å². The van der Waals surface area contributed by atoms with Gasteiger partial charge in [-0.1, -0.05) is 24.3 Å². The third-order valence-corrected chi connectivity index (χ3v) is 4.52. The Balaban J connectivity index is 1.43. The monoisotopic (exact) mass is 353 g/mol. The topological polar surface area (TPSA) is 78.4 Å². The van der Waals surface area contributed by atoms with E-state index in [9.17, 15) is 9.59 Å². The van der Waals surface area contributed by atoms with Crippen LogP contribution in [-0.2, 0) is 16.0 Å². The fourth-order valence-corrected chi connectivity index (χ4v) is 2.94. The Morgan fingerprint density at radius 1 is 1.04 bits per heavy atom. The van der Waals surface area contributed by atoms with Crippen molar-refractivity contribution in [2.24, 2.45) is 0 Å². The first-order chi connectivity index (χ1) is 12.6. The molecular weight excluding hydrogens is 330 g/mol. The number of aromatic nitrogens is 2. The second kappa shape index (κ2) is 8.42. The van der Waals surface area contributed by atoms with Crippen molar-refractivity contribution in [1.82, 2.24) is 20.2 Å². The van der Waals surface area contributed by atoms with E-state index in [0.29, 0.717) is 38.5 Å². The van der Waals surface area contributed by atoms with Gasteiger partial charge in [0.2, 0.25) is 17.8 Å². The van der Waals surface area contributed by atoms with E-state index in [1.165, 1.54) is 0 Å². The molecule has 0 unspecified atom stereocenters. The Bertz CT molecular complexity index is 758. The van der Waals surface area contributed by atoms with Gasteiger partial charge in [-0.05, 0) is 24.1 Å². The lowest BCUT2D eigenvalue weighted by Crippen LogP contribution is -2.51. The van der Waals surface area contributed by atoms with Gasteiger partial charge in [0.05, 0.1) is 13.0 Å². The quantitative estimate of drug-likeness (QED) is 0.860. The number of anilines is 1. The number of amides is 2. The van der Waals surface area contributed by atoms with E-state index in [1.54, 1.807) is 23.4 Å². The molecule has 7 heteroatoms. The average molecular weight is 353 g/mol. The molecule has 2 aromatic rings. The number of rotatable bonds is 5. The molecule has 0 spiro atoms. The highest BCUT2D eigenvalue weighted by molar-refractivity contribution is 5.86. The van der Waals surface area contributed by atoms with Gasteiger partial charge in [0.25, 0.3) is 0 Å². The molecular formula is C19H23N5O2. The van der Waals surface area contributed by atoms with Crippen LogP contribution in [0.25, 0.3) is 0 Å². The number of hydrogen-bond donors (Lipinski definition) is 1. The van der Waals surface area contributed by atoms with Gasteiger partial charge < -0.3 is 15.1 Å². The van der Waals surface area contributed by atoms with Crippen LogP contribution in [0, 0.1) is 6.92 Å². The number of piperazine rings is 1. The van der Waals surface area contributed by atoms with E-state index < -0.39 is 0 Å². The molecule has 1 fully saturated rings. The average Bonchev–Trinajstić information content (AvgIpc) is 2.69. The molecule has 7 nitrogen and oxygen atoms in total. The van der Waals surface area contributed by atoms with Crippen molar-refractivity contribution in [2.75, 3.05) is 37.6 Å². The molecule has 2 heterocycles. The van der Waals surface area contributed by atoms with Gasteiger partial charge in [0, 0.05) is 38.6 Å². The van der Waals surface area contributed by atoms with E-state index in [0.717, 1.165) is 11.1 Å². The van der Waals surface area contributed by atoms with Crippen LogP contribution in [0.1, 0.15) is 11.1 Å². The Hall–Kier alpha value is -2.96. The predicted molar refractivity (Wildman–Crippen MR) is 98.7 cm³/mol. The number of carbonyl (C=O) groups excluding carboxylic acids is 2. The number of nitrogens with zero attached hydrogens (tertiary/aromatic N) is 4. The third-order valence-electron chi connectivity index (χ3n) is 4.52. The molecule has 1 aliphatic heterocycles. The molecule has 1 saturated heterocycles. The lowest BCUT2D eigenvalue weighted by atomic mass is 10.1. The maximum Gasteiger partial charge on any atom is 0.242 e. The zero-order valence-electron chi connectivity index (χ0n) is 14.9. The van der Waals surface area contributed by atoms with E-state index >= 15 is 0 Å². The van der Waals surface area contributed by atoms with E-state index in [2.05, 4.69) is 20.2 Å². The summed E-state index contributed by atoms with van der Waals surface area (Å²) in [4.78, 5) is 36.7. The van der Waals surface area contributed by atoms with Crippen molar-refractivity contribution in [1.29, 1.82) is 0 Å². The summed E-state index contributed by atoms with van der Waals surface area (Å²) in [6.07, 6.45) is 3.72. The van der Waals surface area contributed by atoms with Crippen molar-refractivity contribution in [2.45, 2.75) is 13.3 Å². The summed E-state index contributed by atoms with van der Waals surface area (Å²) in [6.45, 7) is 4.59. The minimum Gasteiger partial charge on any atom is -0.347 e. The lowest BCUT2D eigenvalue weighted by molar-refractivity contribution is -0.133. The first-order valence-electron chi connectivity index (χ1n) is 8.74. The molecule has 2 amide bonds. The summed E-state index contributed by atoms with van der Waals surface area (Å²) >= 11 is 0. The maximum absolute atomic E-state index is 12.3. The number of aryl methyl sites for hydroxylation is 1. The predicted octanol–water partition coefficient (Wildman–Crippen LogP) is 0.793. The summed E-state index contributed by atoms with van der Waals surface area (Å²) in [5.74, 6) is 0.492. The van der Waals surface area contributed by atoms with Crippen molar-refractivity contribution in [3.05, 3.63) is 53.9 Å². The summed E-state index contributed by atoms with van der Waals surface area (Å²) in [5.41, 5.74) is 2.06. The van der Waals surface area contributed by atoms with E-state index in [1.807, 2.05) is 31.2 Å². The minimum absolute atomic E-state index is 0.0343. The maximum atomic E-state index is 12.3. The summed E-state index contributed by atoms with van der Waals surface area (Å²) in [6, 6.07) is 9.55. The highest BCUT2D eigenvalue weighted by Crippen LogP contribution is 2.10. The van der Waals surface area contributed by atoms with Crippen molar-refractivity contribution >= 4 is 17.8 Å². The second-order valence-corrected chi connectivity index (χ2v) is 6.30. The van der Waals surface area contributed by atoms with Gasteiger partial charge in [-0.3, -0.25) is 9.59 Å². The van der Waals surface area contributed by atoms with Crippen LogP contribution in [0.15, 0.2) is 42.7 Å². The Labute approximate surface area is 153 Å². The van der Waals surface area contributed by atoms with Crippen LogP contribution in [-0.4, -0.2) is 59.4 Å². The van der Waals surface area contributed by atoms with Crippen LogP contribution >= 0.6 is 0 Å². The number of nitrogens with one attached hydrogen (secondary N) is 1. The van der Waals surface area contributed by atoms with Gasteiger partial charge in [0.15, 0.2) is 0 Å². The molecule has 0 saturated carbocycles. The molecule has 1 aromatic heterocycles. The molecule has 1 aromatic carbocycles. The van der Waals surface area contributed by atoms with E-state index in [-0.39, 0.29) is 18.4 Å². The molecule has 1 N–H and O–H groups in total. The molecule has 0 bridgehead atoms. The SMILES string of the molecule is Cc1ccccc1CC(=O)NCC(=O)N1CCN(c2ncccn2)CC1. The zero-order valence-corrected chi connectivity index (χ0v) is 14.9. The van der Waals surface area contributed by atoms with Crippen LogP contribution in [0.2, 0.25) is 0 Å². The molecule has 0 aliphatic carbocycles. The highest BCUT2D eigenvalue weighted by atomic mass is 16.2. The molecule has 0 radical (unpaired) electrons. The first kappa shape index (κ1) is 17.8. The fraction of sp³-hybridized carbons (Fsp3) is 0.368. The van der Waals surface area contributed by atoms with Gasteiger partial charge in [-0.25, -0.2) is 9.97 Å². The number of hydrogen-bond acceptors (Lipinski definition) is 5. The van der Waals surface area contributed by atoms with Crippen molar-refractivity contribution in [3.63, 3.8) is 0 Å². The molecule has 26 heavy (non-hydrogen) atoms. The Morgan fingerprint density at radius 3 is 2.42 bits per heavy atom. The summed E-state index contributed by atoms with van der Waals surface area (Å²) in [7, 11) is 0. The van der Waals surface area contributed by atoms with Crippen molar-refractivity contribution < 1.29 is 9.59 Å². The minimum atomic E-state index is -0.135. The third kappa shape index (κ3) is 4.56. The van der Waals surface area contributed by atoms with Crippen LogP contribution in [0.3, 0.4) is 0 Å². The highest BCUT2D eigenvalue weighted by Gasteiger charge is 2.22. The normalized spacial score (nSPS) is 14.2. The standard InChI is InChI=1S/C19H23N5O2/c1-15-5-2-3-6-16(15)13-17(25)22-14-18(26)23-9-11-24(12-10-23)19-20-7-4-8-21-19/h2-8H,9-14H2,1H3,(H,22,25). The summed E-state index contributed by atoms with van der Waals surface area (Å²) in [5, 5.41) is 2.73. The van der Waals surface area contributed by atoms with Crippen LogP contribution < -0.4 is 10.2 Å². The van der Waals surface area contributed by atoms with Crippen LogP contribution in [0.4, 0.5) is 5.95 Å². The Kier molecular flexibility index (Phi) is 5.78. The summed E-state index contributed by atoms with van der Waals surface area (Å²) < 4.78 is 0. The smallest absolute Gasteiger partial charge is 0.242 e. The van der Waals surface area contributed by atoms with Crippen LogP contribution in [0.5, 0.6) is 0 Å². The molecule has 1 aliphatic rings. The fourth-order valence-electron chi connectivity index (χ4n) is 2.94.